The fourth-order valence-electron chi connectivity index (χ4n) is 2.03. The molecule has 0 unspecified atom stereocenters. The molecule has 2 rings (SSSR count). The number of amides is 2. The predicted octanol–water partition coefficient (Wildman–Crippen LogP) is 4.01. The average Bonchev–Trinajstić information content (AvgIpc) is 2.67. The summed E-state index contributed by atoms with van der Waals surface area (Å²) in [6.45, 7) is 3.89. The quantitative estimate of drug-likeness (QED) is 0.317. The Morgan fingerprint density at radius 3 is 2.45 bits per heavy atom. The van der Waals surface area contributed by atoms with E-state index in [1.165, 1.54) is 6.21 Å². The monoisotopic (exact) mass is 425 g/mol. The van der Waals surface area contributed by atoms with Crippen molar-refractivity contribution in [2.75, 3.05) is 11.9 Å². The van der Waals surface area contributed by atoms with Crippen LogP contribution in [0.2, 0.25) is 5.02 Å². The number of carbonyl (C=O) groups excluding carboxylic acids is 2. The van der Waals surface area contributed by atoms with Crippen LogP contribution in [0.4, 0.5) is 18.9 Å². The van der Waals surface area contributed by atoms with Crippen molar-refractivity contribution in [3.63, 3.8) is 0 Å². The largest absolute Gasteiger partial charge is 0.490 e. The van der Waals surface area contributed by atoms with Crippen LogP contribution in [0.25, 0.3) is 0 Å². The van der Waals surface area contributed by atoms with E-state index in [1.54, 1.807) is 30.3 Å². The second-order valence-electron chi connectivity index (χ2n) is 5.51. The Balaban J connectivity index is 1.93. The van der Waals surface area contributed by atoms with E-state index in [1.807, 2.05) is 10.7 Å². The number of anilines is 1. The summed E-state index contributed by atoms with van der Waals surface area (Å²) in [6.07, 6.45) is -1.81. The van der Waals surface area contributed by atoms with Gasteiger partial charge in [0.2, 0.25) is 0 Å². The first-order chi connectivity index (χ1) is 13.7. The maximum atomic E-state index is 12.8. The highest BCUT2D eigenvalue weighted by atomic mass is 35.5. The fraction of sp³-hybridized carbons (Fsp3) is 0.105. The van der Waals surface area contributed by atoms with Gasteiger partial charge in [-0.1, -0.05) is 24.3 Å². The van der Waals surface area contributed by atoms with Gasteiger partial charge in [-0.2, -0.15) is 18.3 Å². The average molecular weight is 426 g/mol. The first kappa shape index (κ1) is 22.0. The molecule has 2 aromatic rings. The van der Waals surface area contributed by atoms with Gasteiger partial charge in [0.15, 0.2) is 0 Å². The molecule has 0 bridgehead atoms. The molecule has 29 heavy (non-hydrogen) atoms. The molecule has 6 nitrogen and oxygen atoms in total. The lowest BCUT2D eigenvalue weighted by Crippen LogP contribution is -2.32. The number of alkyl halides is 3. The molecule has 10 heteroatoms. The molecule has 152 valence electrons. The maximum Gasteiger partial charge on any atom is 0.417 e. The van der Waals surface area contributed by atoms with Crippen LogP contribution in [0.5, 0.6) is 5.75 Å². The van der Waals surface area contributed by atoms with E-state index in [0.29, 0.717) is 24.0 Å². The van der Waals surface area contributed by atoms with Gasteiger partial charge in [-0.05, 0) is 48.0 Å². The zero-order valence-electron chi connectivity index (χ0n) is 14.8. The molecule has 0 aliphatic carbocycles. The molecule has 2 amide bonds. The standard InChI is InChI=1S/C19H15ClF3N3O3/c1-2-9-29-14-6-3-12(4-7-14)11-24-26-18(28)17(27)25-13-5-8-16(20)15(10-13)19(21,22)23/h2-8,10-11H,1,9H2,(H,25,27)(H,26,28)/b24-11-. The summed E-state index contributed by atoms with van der Waals surface area (Å²) in [5.41, 5.74) is 1.23. The Hall–Kier alpha value is -3.33. The van der Waals surface area contributed by atoms with Gasteiger partial charge in [0.1, 0.15) is 12.4 Å². The van der Waals surface area contributed by atoms with Crippen molar-refractivity contribution < 1.29 is 27.5 Å². The number of hydrazone groups is 1. The van der Waals surface area contributed by atoms with Crippen LogP contribution in [0, 0.1) is 0 Å². The number of hydrogen-bond acceptors (Lipinski definition) is 4. The smallest absolute Gasteiger partial charge is 0.417 e. The van der Waals surface area contributed by atoms with Crippen LogP contribution < -0.4 is 15.5 Å². The first-order valence-electron chi connectivity index (χ1n) is 8.05. The second-order valence-corrected chi connectivity index (χ2v) is 5.92. The highest BCUT2D eigenvalue weighted by Crippen LogP contribution is 2.36. The summed E-state index contributed by atoms with van der Waals surface area (Å²) >= 11 is 5.50. The number of hydrogen-bond donors (Lipinski definition) is 2. The van der Waals surface area contributed by atoms with Crippen LogP contribution in [0.3, 0.4) is 0 Å². The summed E-state index contributed by atoms with van der Waals surface area (Å²) in [7, 11) is 0. The maximum absolute atomic E-state index is 12.8. The number of nitrogens with zero attached hydrogens (tertiary/aromatic N) is 1. The lowest BCUT2D eigenvalue weighted by molar-refractivity contribution is -0.137. The molecule has 0 aromatic heterocycles. The Morgan fingerprint density at radius 1 is 1.14 bits per heavy atom. The van der Waals surface area contributed by atoms with Crippen LogP contribution in [0.1, 0.15) is 11.1 Å². The van der Waals surface area contributed by atoms with Gasteiger partial charge in [0.05, 0.1) is 16.8 Å². The number of benzene rings is 2. The third-order valence-corrected chi connectivity index (χ3v) is 3.69. The lowest BCUT2D eigenvalue weighted by Gasteiger charge is -2.11. The van der Waals surface area contributed by atoms with E-state index in [-0.39, 0.29) is 5.69 Å². The molecule has 0 radical (unpaired) electrons. The fourth-order valence-corrected chi connectivity index (χ4v) is 2.25. The van der Waals surface area contributed by atoms with Gasteiger partial charge in [-0.25, -0.2) is 5.43 Å². The van der Waals surface area contributed by atoms with Crippen molar-refractivity contribution in [2.45, 2.75) is 6.18 Å². The number of carbonyl (C=O) groups is 2. The summed E-state index contributed by atoms with van der Waals surface area (Å²) in [5, 5.41) is 5.15. The highest BCUT2D eigenvalue weighted by Gasteiger charge is 2.33. The summed E-state index contributed by atoms with van der Waals surface area (Å²) in [6, 6.07) is 9.44. The third-order valence-electron chi connectivity index (χ3n) is 3.36. The summed E-state index contributed by atoms with van der Waals surface area (Å²) < 4.78 is 43.8. The Kier molecular flexibility index (Phi) is 7.38. The Bertz CT molecular complexity index is 929. The van der Waals surface area contributed by atoms with Crippen LogP contribution >= 0.6 is 11.6 Å². The molecule has 0 saturated heterocycles. The van der Waals surface area contributed by atoms with E-state index in [2.05, 4.69) is 11.7 Å². The van der Waals surface area contributed by atoms with E-state index >= 15 is 0 Å². The molecule has 0 aliphatic rings. The van der Waals surface area contributed by atoms with Crippen LogP contribution in [0.15, 0.2) is 60.2 Å². The molecule has 0 aliphatic heterocycles. The number of ether oxygens (including phenoxy) is 1. The molecule has 0 heterocycles. The Morgan fingerprint density at radius 2 is 1.83 bits per heavy atom. The topological polar surface area (TPSA) is 79.8 Å². The number of halogens is 4. The van der Waals surface area contributed by atoms with Crippen molar-refractivity contribution >= 4 is 35.3 Å². The van der Waals surface area contributed by atoms with Gasteiger partial charge in [-0.15, -0.1) is 0 Å². The van der Waals surface area contributed by atoms with Gasteiger partial charge in [0.25, 0.3) is 0 Å². The van der Waals surface area contributed by atoms with E-state index in [0.717, 1.165) is 12.1 Å². The van der Waals surface area contributed by atoms with Gasteiger partial charge < -0.3 is 10.1 Å². The van der Waals surface area contributed by atoms with Crippen molar-refractivity contribution in [2.24, 2.45) is 5.10 Å². The second kappa shape index (κ2) is 9.74. The molecule has 0 saturated carbocycles. The van der Waals surface area contributed by atoms with E-state index < -0.39 is 28.6 Å². The molecular formula is C19H15ClF3N3O3. The van der Waals surface area contributed by atoms with E-state index in [9.17, 15) is 22.8 Å². The van der Waals surface area contributed by atoms with Crippen LogP contribution in [-0.2, 0) is 15.8 Å². The van der Waals surface area contributed by atoms with Crippen molar-refractivity contribution in [3.8, 4) is 5.75 Å². The molecule has 0 fully saturated rings. The number of rotatable bonds is 6. The SMILES string of the molecule is C=CCOc1ccc(/C=N\NC(=O)C(=O)Nc2ccc(Cl)c(C(F)(F)F)c2)cc1. The van der Waals surface area contributed by atoms with E-state index in [4.69, 9.17) is 16.3 Å². The van der Waals surface area contributed by atoms with Crippen molar-refractivity contribution in [1.29, 1.82) is 0 Å². The van der Waals surface area contributed by atoms with Gasteiger partial charge in [0, 0.05) is 5.69 Å². The minimum absolute atomic E-state index is 0.235. The highest BCUT2D eigenvalue weighted by molar-refractivity contribution is 6.39. The first-order valence-corrected chi connectivity index (χ1v) is 8.43. The normalized spacial score (nSPS) is 11.2. The summed E-state index contributed by atoms with van der Waals surface area (Å²) in [4.78, 5) is 23.6. The van der Waals surface area contributed by atoms with Gasteiger partial charge in [-0.3, -0.25) is 9.59 Å². The minimum Gasteiger partial charge on any atom is -0.490 e. The predicted molar refractivity (Wildman–Crippen MR) is 103 cm³/mol. The minimum atomic E-state index is -4.70. The zero-order chi connectivity index (χ0) is 21.4. The molecule has 2 aromatic carbocycles. The molecule has 0 spiro atoms. The summed E-state index contributed by atoms with van der Waals surface area (Å²) in [5.74, 6) is -1.73. The third kappa shape index (κ3) is 6.65. The zero-order valence-corrected chi connectivity index (χ0v) is 15.6. The van der Waals surface area contributed by atoms with Crippen LogP contribution in [-0.4, -0.2) is 24.6 Å². The van der Waals surface area contributed by atoms with Crippen molar-refractivity contribution in [3.05, 3.63) is 71.3 Å². The molecule has 0 atom stereocenters. The Labute approximate surface area is 169 Å². The molecule has 2 N–H and O–H groups in total. The number of nitrogens with one attached hydrogen (secondary N) is 2. The molecular weight excluding hydrogens is 411 g/mol. The van der Waals surface area contributed by atoms with Gasteiger partial charge >= 0.3 is 18.0 Å². The van der Waals surface area contributed by atoms with Crippen molar-refractivity contribution in [1.82, 2.24) is 5.43 Å². The lowest BCUT2D eigenvalue weighted by atomic mass is 10.2.